The molecule has 0 spiro atoms. The van der Waals surface area contributed by atoms with Crippen LogP contribution in [0.15, 0.2) is 0 Å². The van der Waals surface area contributed by atoms with Gasteiger partial charge in [-0.1, -0.05) is 0 Å². The van der Waals surface area contributed by atoms with E-state index in [1.807, 2.05) is 0 Å². The summed E-state index contributed by atoms with van der Waals surface area (Å²) < 4.78 is 94.6. The molecule has 0 aromatic rings. The molecule has 21 saturated heterocycles. The third-order valence-corrected chi connectivity index (χ3v) is 22.2. The van der Waals surface area contributed by atoms with Crippen molar-refractivity contribution < 1.29 is 192 Å². The molecule has 109 heavy (non-hydrogen) atoms. The summed E-state index contributed by atoms with van der Waals surface area (Å²) in [5, 5.41) is 227. The molecule has 0 saturated carbocycles. The second-order valence-electron chi connectivity index (χ2n) is 27.1. The van der Waals surface area contributed by atoms with Crippen molar-refractivity contribution in [3.05, 3.63) is 0 Å². The minimum Gasteiger partial charge on any atom is -0.394 e. The van der Waals surface area contributed by atoms with Gasteiger partial charge in [-0.3, -0.25) is 19.2 Å². The molecule has 0 radical (unpaired) electrons. The lowest BCUT2D eigenvalue weighted by molar-refractivity contribution is -0.395. The highest BCUT2D eigenvalue weighted by atomic mass is 32.2. The number of ketones is 2. The molecule has 0 aliphatic carbocycles. The summed E-state index contributed by atoms with van der Waals surface area (Å²) in [6.07, 6.45) is -72.0. The van der Waals surface area contributed by atoms with Gasteiger partial charge in [-0.2, -0.15) is 48.8 Å². The molecular weight excluding hydrogens is 1550 g/mol. The van der Waals surface area contributed by atoms with Gasteiger partial charge in [0.2, 0.25) is 11.8 Å². The summed E-state index contributed by atoms with van der Waals surface area (Å²) in [4.78, 5) is 51.3. The number of thiol groups is 2. The maximum Gasteiger partial charge on any atom is 0.238 e. The van der Waals surface area contributed by atoms with E-state index < -0.39 is 278 Å². The van der Waals surface area contributed by atoms with Crippen LogP contribution in [0.25, 0.3) is 0 Å². The molecule has 14 bridgehead atoms. The number of Topliss-reactive ketones (excluding diaryl/α,β-unsaturated/α-hetero) is 2. The normalized spacial score (nSPS) is 43.0. The molecule has 632 valence electrons. The predicted molar refractivity (Wildman–Crippen MR) is 370 cm³/mol. The quantitative estimate of drug-likeness (QED) is 0.0226. The zero-order valence-electron chi connectivity index (χ0n) is 59.4. The largest absolute Gasteiger partial charge is 0.394 e. The zero-order valence-corrected chi connectivity index (χ0v) is 62.8. The molecule has 21 fully saturated rings. The van der Waals surface area contributed by atoms with Gasteiger partial charge in [0.1, 0.15) is 170 Å². The Labute approximate surface area is 644 Å². The van der Waals surface area contributed by atoms with Crippen LogP contribution in [-0.2, 0) is 95.0 Å². The minimum absolute atomic E-state index is 0.0103. The van der Waals surface area contributed by atoms with Crippen molar-refractivity contribution in [2.45, 2.75) is 247 Å². The number of likely N-dealkylation sites (N-methyl/N-ethyl adjacent to an activating group) is 1. The summed E-state index contributed by atoms with van der Waals surface area (Å²) in [6, 6.07) is -0.860. The molecule has 14 unspecified atom stereocenters. The number of hydrogen-bond acceptors (Lipinski definition) is 44. The number of thioether (sulfide) groups is 2. The number of nitrogens with one attached hydrogen (secondary N) is 3. The highest BCUT2D eigenvalue weighted by molar-refractivity contribution is 7.99. The Bertz CT molecular complexity index is 2740. The van der Waals surface area contributed by atoms with Gasteiger partial charge in [-0.05, 0) is 14.0 Å². The van der Waals surface area contributed by atoms with Gasteiger partial charge in [-0.15, -0.1) is 0 Å². The van der Waals surface area contributed by atoms with Gasteiger partial charge in [-0.25, -0.2) is 0 Å². The molecule has 21 aliphatic heterocycles. The van der Waals surface area contributed by atoms with Gasteiger partial charge in [0.05, 0.1) is 83.6 Å². The molecule has 0 aromatic carbocycles. The molecule has 21 heterocycles. The number of aliphatic hydroxyl groups excluding tert-OH is 19. The van der Waals surface area contributed by atoms with Crippen molar-refractivity contribution in [2.24, 2.45) is 5.92 Å². The van der Waals surface area contributed by atoms with E-state index in [2.05, 4.69) is 41.2 Å². The summed E-state index contributed by atoms with van der Waals surface area (Å²) in [7, 11) is 1.50. The van der Waals surface area contributed by atoms with E-state index in [9.17, 15) is 116 Å². The maximum absolute atomic E-state index is 13.7. The molecule has 2 amide bonds. The second kappa shape index (κ2) is 44.7. The lowest BCUT2D eigenvalue weighted by atomic mass is 9.95. The van der Waals surface area contributed by atoms with E-state index in [1.165, 1.54) is 14.0 Å². The van der Waals surface area contributed by atoms with Crippen LogP contribution in [-0.4, -0.2) is 456 Å². The second-order valence-corrected chi connectivity index (χ2v) is 30.1. The lowest BCUT2D eigenvalue weighted by Crippen LogP contribution is -2.68. The van der Waals surface area contributed by atoms with E-state index in [0.29, 0.717) is 5.75 Å². The highest BCUT2D eigenvalue weighted by Crippen LogP contribution is 2.40. The Morgan fingerprint density at radius 3 is 0.908 bits per heavy atom. The fraction of sp³-hybridized carbons (Fsp3) is 0.937. The predicted octanol–water partition coefficient (Wildman–Crippen LogP) is -13.1. The highest BCUT2D eigenvalue weighted by Gasteiger charge is 2.60. The first kappa shape index (κ1) is 92.7. The minimum atomic E-state index is -2.29. The number of rotatable bonds is 31. The molecule has 42 nitrogen and oxygen atoms in total. The van der Waals surface area contributed by atoms with E-state index in [4.69, 9.17) is 75.8 Å². The van der Waals surface area contributed by atoms with Crippen LogP contribution in [0.2, 0.25) is 0 Å². The van der Waals surface area contributed by atoms with Crippen molar-refractivity contribution in [2.75, 3.05) is 114 Å². The fourth-order valence-electron chi connectivity index (χ4n) is 13.3. The fourth-order valence-corrected chi connectivity index (χ4v) is 15.9. The SMILES string of the molecule is CN[C@H](CSCC1O[C@H]2O[C@@H]3C(CO)O[C@H](O[C@@H]4C(CO)O[C@H](O[C@@H]5C(CO)O[C@@H](O[C@@H]6C(CSC[C@@H](CC(=O)CCOCCOCCC(C)=O)C(=O)NCCS)O[C@H](O[C@@H]7C(CO)O[C@@H](O[C@@H]8C(CO)O[C@@H](O[C@H]1[C@H](O)C2O)C(O)[C@H]8O)C(O)[C@H]7O)C(O)[C@H]6O)C(O)[C@H]5O)C(O)[C@H]4O)[C@@H](O)C3O)C(=O)NCCS. The third kappa shape index (κ3) is 23.6. The average molecular weight is 1660 g/mol. The molecule has 37 atom stereocenters. The van der Waals surface area contributed by atoms with Crippen LogP contribution in [0.4, 0.5) is 0 Å². The molecule has 21 rings (SSSR count). The van der Waals surface area contributed by atoms with E-state index in [1.54, 1.807) is 0 Å². The van der Waals surface area contributed by atoms with Crippen molar-refractivity contribution >= 4 is 72.2 Å². The van der Waals surface area contributed by atoms with Crippen molar-refractivity contribution in [3.63, 3.8) is 0 Å². The first-order chi connectivity index (χ1) is 52.1. The van der Waals surface area contributed by atoms with Gasteiger partial charge in [0, 0.05) is 66.9 Å². The standard InChI is InChI=1S/C63H107N3O39S4/c1-23(72)3-7-90-9-10-91-8-4-25(73)13-24(55(88)65-5-11-106)19-108-21-32-53-39(79)46(86)62(97-32)102-51-30(17-70)93-59(42(82)35(51)75)101-50-29(16-69)96-61(45(85)38(50)78)105-54-33(22-109-20-26(64-2)56(89)66-6-12-107)98-63(47(87)40(54)80)103-52-31(18-71)94-58(43(83)36(52)76)99-48-27(14-67)92-57(41(81)34(48)74)100-49-28(15-68)95-60(104-53)44(84)37(49)77/h24,26-54,57-64,67-71,74-87,106-107H,3-22H2,1-2H3,(H,65,88)(H,66,89)/t24-,26-,27?,28?,29?,30?,31?,32?,33?,34-,35-,36?,37-,38-,39-,40-,41?,42?,43+,44?,45?,46?,47?,48-,49-,50-,51-,52-,53-,54-,57-,58-,59+,60+,61+,62-,63+/m1/s1. The smallest absolute Gasteiger partial charge is 0.238 e. The Kier molecular flexibility index (Phi) is 38.0. The summed E-state index contributed by atoms with van der Waals surface area (Å²) >= 11 is 10.2. The van der Waals surface area contributed by atoms with Crippen LogP contribution in [0.1, 0.15) is 26.2 Å². The van der Waals surface area contributed by atoms with E-state index in [0.717, 1.165) is 23.5 Å². The number of carbonyl (C=O) groups is 4. The summed E-state index contributed by atoms with van der Waals surface area (Å²) in [5.41, 5.74) is 0. The van der Waals surface area contributed by atoms with Gasteiger partial charge in [0.15, 0.2) is 44.0 Å². The van der Waals surface area contributed by atoms with Gasteiger partial charge >= 0.3 is 0 Å². The monoisotopic (exact) mass is 1660 g/mol. The van der Waals surface area contributed by atoms with Gasteiger partial charge < -0.3 is 189 Å². The number of amides is 2. The molecule has 0 aromatic heterocycles. The number of ether oxygens (including phenoxy) is 16. The third-order valence-electron chi connectivity index (χ3n) is 19.4. The van der Waals surface area contributed by atoms with Crippen LogP contribution >= 0.6 is 48.8 Å². The van der Waals surface area contributed by atoms with Crippen LogP contribution in [0.3, 0.4) is 0 Å². The van der Waals surface area contributed by atoms with Crippen molar-refractivity contribution in [1.82, 2.24) is 16.0 Å². The molecule has 21 aliphatic rings. The first-order valence-corrected chi connectivity index (χ1v) is 39.2. The van der Waals surface area contributed by atoms with E-state index >= 15 is 0 Å². The number of aliphatic hydroxyl groups is 19. The average Bonchev–Trinajstić information content (AvgIpc) is 0.804. The van der Waals surface area contributed by atoms with Crippen LogP contribution < -0.4 is 16.0 Å². The molecular formula is C63H107N3O39S4. The Morgan fingerprint density at radius 1 is 0.367 bits per heavy atom. The Hall–Kier alpha value is -1.76. The van der Waals surface area contributed by atoms with Crippen LogP contribution in [0.5, 0.6) is 0 Å². The molecule has 22 N–H and O–H groups in total. The first-order valence-electron chi connectivity index (χ1n) is 35.6. The van der Waals surface area contributed by atoms with E-state index in [-0.39, 0.29) is 93.3 Å². The van der Waals surface area contributed by atoms with Crippen molar-refractivity contribution in [1.29, 1.82) is 0 Å². The lowest BCUT2D eigenvalue weighted by Gasteiger charge is -2.50. The topological polar surface area (TPSA) is 636 Å². The Morgan fingerprint density at radius 2 is 0.633 bits per heavy atom. The summed E-state index contributed by atoms with van der Waals surface area (Å²) in [5.74, 6) is -2.89. The molecule has 46 heteroatoms. The zero-order chi connectivity index (χ0) is 79.7. The maximum atomic E-state index is 13.7. The number of hydrogen-bond donors (Lipinski definition) is 24. The van der Waals surface area contributed by atoms with Crippen LogP contribution in [0, 0.1) is 5.92 Å². The van der Waals surface area contributed by atoms with Crippen molar-refractivity contribution in [3.8, 4) is 0 Å². The summed E-state index contributed by atoms with van der Waals surface area (Å²) in [6.45, 7) is -3.37. The number of carbonyl (C=O) groups excluding carboxylic acids is 4. The van der Waals surface area contributed by atoms with Gasteiger partial charge in [0.25, 0.3) is 0 Å². The Balaban J connectivity index is 1.09.